The largest absolute Gasteiger partial charge is 0.379 e. The summed E-state index contributed by atoms with van der Waals surface area (Å²) in [5.74, 6) is 3.71. The number of morpholine rings is 1. The van der Waals surface area contributed by atoms with Crippen LogP contribution in [-0.4, -0.2) is 110 Å². The van der Waals surface area contributed by atoms with Crippen LogP contribution in [0.15, 0.2) is 4.99 Å². The normalized spacial score (nSPS) is 30.5. The van der Waals surface area contributed by atoms with Gasteiger partial charge in [-0.05, 0) is 19.3 Å². The van der Waals surface area contributed by atoms with E-state index in [4.69, 9.17) is 4.74 Å². The Labute approximate surface area is 175 Å². The monoisotopic (exact) mass is 409 g/mol. The van der Waals surface area contributed by atoms with Crippen molar-refractivity contribution in [3.05, 3.63) is 0 Å². The lowest BCUT2D eigenvalue weighted by Crippen LogP contribution is -2.60. The summed E-state index contributed by atoms with van der Waals surface area (Å²) in [6, 6.07) is 0.658. The molecule has 4 rings (SSSR count). The van der Waals surface area contributed by atoms with Crippen LogP contribution >= 0.6 is 11.8 Å². The molecule has 0 spiro atoms. The third-order valence-corrected chi connectivity index (χ3v) is 8.22. The average molecular weight is 410 g/mol. The topological polar surface area (TPSA) is 43.3 Å². The molecule has 3 saturated heterocycles. The number of guanidine groups is 1. The first kappa shape index (κ1) is 20.8. The molecule has 160 valence electrons. The number of hydrogen-bond acceptors (Lipinski definition) is 5. The summed E-state index contributed by atoms with van der Waals surface area (Å²) in [6.07, 6.45) is 8.11. The molecule has 1 N–H and O–H groups in total. The van der Waals surface area contributed by atoms with Crippen LogP contribution in [0.4, 0.5) is 0 Å². The molecule has 0 aromatic heterocycles. The summed E-state index contributed by atoms with van der Waals surface area (Å²) in [5.41, 5.74) is 0.346. The number of rotatable bonds is 4. The standard InChI is InChI=1S/C21H39N5OS/c1-22-20(25-8-5-19(17-25)24-9-13-27-14-10-24)23-18-21(6-3-2-4-7-21)26-11-15-28-16-12-26/h19H,2-18H2,1H3,(H,22,23). The van der Waals surface area contributed by atoms with Crippen molar-refractivity contribution in [1.29, 1.82) is 0 Å². The van der Waals surface area contributed by atoms with Crippen molar-refractivity contribution in [3.8, 4) is 0 Å². The molecular formula is C21H39N5OS. The number of aliphatic imine (C=N–C) groups is 1. The van der Waals surface area contributed by atoms with Gasteiger partial charge in [-0.2, -0.15) is 11.8 Å². The van der Waals surface area contributed by atoms with E-state index < -0.39 is 0 Å². The van der Waals surface area contributed by atoms with Gasteiger partial charge in [0.2, 0.25) is 0 Å². The first-order chi connectivity index (χ1) is 13.8. The first-order valence-electron chi connectivity index (χ1n) is 11.4. The first-order valence-corrected chi connectivity index (χ1v) is 12.6. The zero-order chi connectivity index (χ0) is 19.2. The maximum Gasteiger partial charge on any atom is 0.193 e. The number of likely N-dealkylation sites (tertiary alicyclic amines) is 1. The minimum atomic E-state index is 0.346. The van der Waals surface area contributed by atoms with Crippen molar-refractivity contribution in [3.63, 3.8) is 0 Å². The van der Waals surface area contributed by atoms with Crippen LogP contribution in [-0.2, 0) is 4.74 Å². The van der Waals surface area contributed by atoms with Gasteiger partial charge in [-0.25, -0.2) is 0 Å². The second kappa shape index (κ2) is 10.0. The molecule has 1 aliphatic carbocycles. The third-order valence-electron chi connectivity index (χ3n) is 7.28. The molecule has 6 nitrogen and oxygen atoms in total. The average Bonchev–Trinajstić information content (AvgIpc) is 3.26. The van der Waals surface area contributed by atoms with Crippen molar-refractivity contribution in [2.24, 2.45) is 4.99 Å². The molecule has 3 heterocycles. The van der Waals surface area contributed by atoms with Gasteiger partial charge < -0.3 is 15.0 Å². The summed E-state index contributed by atoms with van der Waals surface area (Å²) >= 11 is 2.12. The van der Waals surface area contributed by atoms with Crippen LogP contribution in [0.5, 0.6) is 0 Å². The van der Waals surface area contributed by atoms with Crippen LogP contribution in [0.3, 0.4) is 0 Å². The van der Waals surface area contributed by atoms with Gasteiger partial charge in [-0.15, -0.1) is 0 Å². The van der Waals surface area contributed by atoms with Crippen LogP contribution in [0.2, 0.25) is 0 Å². The van der Waals surface area contributed by atoms with Crippen molar-refractivity contribution < 1.29 is 4.74 Å². The second-order valence-corrected chi connectivity index (χ2v) is 10.0. The Morgan fingerprint density at radius 1 is 1.07 bits per heavy atom. The number of thioether (sulfide) groups is 1. The second-order valence-electron chi connectivity index (χ2n) is 8.82. The van der Waals surface area contributed by atoms with Gasteiger partial charge in [0.15, 0.2) is 5.96 Å². The van der Waals surface area contributed by atoms with Crippen molar-refractivity contribution in [2.45, 2.75) is 50.1 Å². The number of ether oxygens (including phenoxy) is 1. The number of nitrogens with one attached hydrogen (secondary N) is 1. The van der Waals surface area contributed by atoms with Gasteiger partial charge in [0.05, 0.1) is 13.2 Å². The lowest BCUT2D eigenvalue weighted by Gasteiger charge is -2.48. The fourth-order valence-electron chi connectivity index (χ4n) is 5.60. The minimum absolute atomic E-state index is 0.346. The molecule has 1 saturated carbocycles. The molecule has 0 aromatic rings. The van der Waals surface area contributed by atoms with Crippen LogP contribution in [0, 0.1) is 0 Å². The predicted octanol–water partition coefficient (Wildman–Crippen LogP) is 1.72. The van der Waals surface area contributed by atoms with Gasteiger partial charge in [-0.1, -0.05) is 19.3 Å². The highest BCUT2D eigenvalue weighted by Gasteiger charge is 2.39. The molecule has 4 fully saturated rings. The number of hydrogen-bond donors (Lipinski definition) is 1. The molecule has 0 aromatic carbocycles. The van der Waals surface area contributed by atoms with Crippen molar-refractivity contribution in [1.82, 2.24) is 20.0 Å². The van der Waals surface area contributed by atoms with E-state index in [1.54, 1.807) is 0 Å². The zero-order valence-electron chi connectivity index (χ0n) is 17.7. The lowest BCUT2D eigenvalue weighted by atomic mass is 9.80. The zero-order valence-corrected chi connectivity index (χ0v) is 18.5. The molecule has 1 unspecified atom stereocenters. The molecule has 4 aliphatic rings. The molecule has 0 radical (unpaired) electrons. The van der Waals surface area contributed by atoms with Gasteiger partial charge in [0, 0.05) is 75.9 Å². The highest BCUT2D eigenvalue weighted by Crippen LogP contribution is 2.35. The lowest BCUT2D eigenvalue weighted by molar-refractivity contribution is 0.0194. The summed E-state index contributed by atoms with van der Waals surface area (Å²) in [5, 5.41) is 3.83. The van der Waals surface area contributed by atoms with E-state index in [2.05, 4.69) is 36.8 Å². The van der Waals surface area contributed by atoms with E-state index in [0.29, 0.717) is 11.6 Å². The Morgan fingerprint density at radius 3 is 2.54 bits per heavy atom. The Morgan fingerprint density at radius 2 is 1.82 bits per heavy atom. The molecule has 1 atom stereocenters. The highest BCUT2D eigenvalue weighted by atomic mass is 32.2. The number of nitrogens with zero attached hydrogens (tertiary/aromatic N) is 4. The van der Waals surface area contributed by atoms with E-state index in [1.807, 2.05) is 7.05 Å². The minimum Gasteiger partial charge on any atom is -0.379 e. The van der Waals surface area contributed by atoms with E-state index in [0.717, 1.165) is 51.9 Å². The highest BCUT2D eigenvalue weighted by molar-refractivity contribution is 7.99. The molecule has 0 bridgehead atoms. The van der Waals surface area contributed by atoms with Gasteiger partial charge in [0.25, 0.3) is 0 Å². The fraction of sp³-hybridized carbons (Fsp3) is 0.952. The SMILES string of the molecule is CN=C(NCC1(N2CCSCC2)CCCCC1)N1CCC(N2CCOCC2)C1. The van der Waals surface area contributed by atoms with Crippen molar-refractivity contribution in [2.75, 3.05) is 77.6 Å². The summed E-state index contributed by atoms with van der Waals surface area (Å²) in [6.45, 7) is 9.74. The summed E-state index contributed by atoms with van der Waals surface area (Å²) in [4.78, 5) is 12.6. The van der Waals surface area contributed by atoms with E-state index in [-0.39, 0.29) is 0 Å². The van der Waals surface area contributed by atoms with Crippen LogP contribution in [0.1, 0.15) is 38.5 Å². The smallest absolute Gasteiger partial charge is 0.193 e. The fourth-order valence-corrected chi connectivity index (χ4v) is 6.51. The molecule has 7 heteroatoms. The van der Waals surface area contributed by atoms with Gasteiger partial charge in [-0.3, -0.25) is 14.8 Å². The summed E-state index contributed by atoms with van der Waals surface area (Å²) in [7, 11) is 1.95. The van der Waals surface area contributed by atoms with Crippen molar-refractivity contribution >= 4 is 17.7 Å². The van der Waals surface area contributed by atoms with E-state index in [1.165, 1.54) is 63.1 Å². The maximum atomic E-state index is 5.53. The molecule has 0 amide bonds. The van der Waals surface area contributed by atoms with Gasteiger partial charge in [0.1, 0.15) is 0 Å². The summed E-state index contributed by atoms with van der Waals surface area (Å²) < 4.78 is 5.53. The van der Waals surface area contributed by atoms with Gasteiger partial charge >= 0.3 is 0 Å². The third kappa shape index (κ3) is 4.79. The van der Waals surface area contributed by atoms with E-state index in [9.17, 15) is 0 Å². The molecule has 28 heavy (non-hydrogen) atoms. The quantitative estimate of drug-likeness (QED) is 0.563. The predicted molar refractivity (Wildman–Crippen MR) is 118 cm³/mol. The van der Waals surface area contributed by atoms with Crippen LogP contribution < -0.4 is 5.32 Å². The van der Waals surface area contributed by atoms with E-state index >= 15 is 0 Å². The Bertz CT molecular complexity index is 513. The Balaban J connectivity index is 1.34. The Hall–Kier alpha value is -0.500. The Kier molecular flexibility index (Phi) is 7.42. The molecule has 3 aliphatic heterocycles. The maximum absolute atomic E-state index is 5.53. The molecular weight excluding hydrogens is 370 g/mol. The van der Waals surface area contributed by atoms with Crippen LogP contribution in [0.25, 0.3) is 0 Å².